The third-order valence-electron chi connectivity index (χ3n) is 8.21. The Morgan fingerprint density at radius 2 is 1.53 bits per heavy atom. The largest absolute Gasteiger partial charge is 0.392 e. The number of aromatic nitrogens is 3. The molecule has 8 nitrogen and oxygen atoms in total. The normalized spacial score (nSPS) is 19.2. The van der Waals surface area contributed by atoms with Crippen LogP contribution in [0.1, 0.15) is 51.9 Å². The molecular weight excluding hydrogens is 667 g/mol. The van der Waals surface area contributed by atoms with Crippen LogP contribution in [0.2, 0.25) is 0 Å². The lowest BCUT2D eigenvalue weighted by atomic mass is 9.91. The SMILES string of the molecule is C[C@@H]1[C@H](CSc2ncn[nH]2)O[C@H](c2cccc(-c3cccc(CNC(=O)c4c(F)c(F)c(F)c(F)c4F)c3)c2)O[C@@H]1c1ccc(CO)cc1. The van der Waals surface area contributed by atoms with Crippen LogP contribution in [0.5, 0.6) is 0 Å². The highest BCUT2D eigenvalue weighted by atomic mass is 32.2. The number of nitrogens with one attached hydrogen (secondary N) is 2. The number of aliphatic hydroxyl groups is 1. The number of ether oxygens (including phenoxy) is 2. The average molecular weight is 697 g/mol. The van der Waals surface area contributed by atoms with Crippen LogP contribution in [0.4, 0.5) is 22.0 Å². The summed E-state index contributed by atoms with van der Waals surface area (Å²) >= 11 is 1.48. The molecule has 49 heavy (non-hydrogen) atoms. The minimum atomic E-state index is -2.34. The number of aromatic amines is 1. The van der Waals surface area contributed by atoms with Crippen LogP contribution in [-0.4, -0.2) is 38.1 Å². The van der Waals surface area contributed by atoms with Gasteiger partial charge in [-0.2, -0.15) is 5.10 Å². The summed E-state index contributed by atoms with van der Waals surface area (Å²) in [4.78, 5) is 16.7. The van der Waals surface area contributed by atoms with Crippen molar-refractivity contribution in [2.75, 3.05) is 5.75 Å². The molecule has 0 aliphatic carbocycles. The summed E-state index contributed by atoms with van der Waals surface area (Å²) in [6, 6.07) is 22.0. The summed E-state index contributed by atoms with van der Waals surface area (Å²) in [6.45, 7) is 1.73. The number of thioether (sulfide) groups is 1. The third kappa shape index (κ3) is 7.37. The Hall–Kier alpha value is -4.63. The molecule has 3 N–H and O–H groups in total. The zero-order valence-corrected chi connectivity index (χ0v) is 26.6. The highest BCUT2D eigenvalue weighted by molar-refractivity contribution is 7.99. The maximum absolute atomic E-state index is 14.1. The fourth-order valence-electron chi connectivity index (χ4n) is 5.54. The van der Waals surface area contributed by atoms with E-state index in [1.54, 1.807) is 18.2 Å². The molecule has 1 aromatic heterocycles. The lowest BCUT2D eigenvalue weighted by molar-refractivity contribution is -0.268. The van der Waals surface area contributed by atoms with E-state index >= 15 is 0 Å². The van der Waals surface area contributed by atoms with E-state index in [4.69, 9.17) is 9.47 Å². The van der Waals surface area contributed by atoms with Crippen LogP contribution < -0.4 is 5.32 Å². The molecule has 254 valence electrons. The molecule has 1 fully saturated rings. The topological polar surface area (TPSA) is 109 Å². The van der Waals surface area contributed by atoms with Crippen LogP contribution in [0.15, 0.2) is 84.3 Å². The predicted molar refractivity (Wildman–Crippen MR) is 169 cm³/mol. The Morgan fingerprint density at radius 3 is 2.20 bits per heavy atom. The van der Waals surface area contributed by atoms with E-state index in [-0.39, 0.29) is 31.3 Å². The van der Waals surface area contributed by atoms with Gasteiger partial charge in [0.25, 0.3) is 5.91 Å². The number of amides is 1. The van der Waals surface area contributed by atoms with Crippen molar-refractivity contribution < 1.29 is 41.3 Å². The van der Waals surface area contributed by atoms with Gasteiger partial charge < -0.3 is 19.9 Å². The summed E-state index contributed by atoms with van der Waals surface area (Å²) in [5.74, 6) is -12.1. The molecule has 1 amide bonds. The molecule has 1 saturated heterocycles. The van der Waals surface area contributed by atoms with Gasteiger partial charge in [-0.1, -0.05) is 79.3 Å². The summed E-state index contributed by atoms with van der Waals surface area (Å²) in [5, 5.41) is 19.2. The first-order chi connectivity index (χ1) is 23.6. The molecular formula is C35H29F5N4O4S. The molecule has 4 aromatic carbocycles. The molecule has 0 radical (unpaired) electrons. The van der Waals surface area contributed by atoms with Gasteiger partial charge in [0, 0.05) is 23.8 Å². The minimum absolute atomic E-state index is 0.0495. The quantitative estimate of drug-likeness (QED) is 0.0615. The second kappa shape index (κ2) is 14.9. The number of nitrogens with zero attached hydrogens (tertiary/aromatic N) is 2. The molecule has 6 rings (SSSR count). The van der Waals surface area contributed by atoms with Crippen molar-refractivity contribution in [2.24, 2.45) is 5.92 Å². The smallest absolute Gasteiger partial charge is 0.257 e. The molecule has 0 saturated carbocycles. The Labute approximate surface area is 281 Å². The fourth-order valence-corrected chi connectivity index (χ4v) is 6.48. The first kappa shape index (κ1) is 34.2. The van der Waals surface area contributed by atoms with E-state index in [0.29, 0.717) is 16.5 Å². The van der Waals surface area contributed by atoms with Crippen molar-refractivity contribution in [2.45, 2.75) is 43.7 Å². The fraction of sp³-hybridized carbons (Fsp3) is 0.229. The van der Waals surface area contributed by atoms with Crippen molar-refractivity contribution in [1.82, 2.24) is 20.5 Å². The second-order valence-electron chi connectivity index (χ2n) is 11.4. The van der Waals surface area contributed by atoms with Gasteiger partial charge in [0.2, 0.25) is 5.82 Å². The van der Waals surface area contributed by atoms with E-state index in [2.05, 4.69) is 27.4 Å². The maximum atomic E-state index is 14.1. The summed E-state index contributed by atoms with van der Waals surface area (Å²) in [6.07, 6.45) is 0.111. The molecule has 1 aliphatic heterocycles. The Kier molecular flexibility index (Phi) is 10.4. The number of H-pyrrole nitrogens is 1. The highest BCUT2D eigenvalue weighted by Gasteiger charge is 2.38. The molecule has 0 spiro atoms. The molecule has 0 unspecified atom stereocenters. The predicted octanol–water partition coefficient (Wildman–Crippen LogP) is 7.17. The van der Waals surface area contributed by atoms with Crippen LogP contribution in [0.25, 0.3) is 11.1 Å². The van der Waals surface area contributed by atoms with Gasteiger partial charge in [-0.25, -0.2) is 26.9 Å². The lowest BCUT2D eigenvalue weighted by Crippen LogP contribution is -2.38. The number of aliphatic hydroxyl groups excluding tert-OH is 1. The van der Waals surface area contributed by atoms with Crippen LogP contribution in [0.3, 0.4) is 0 Å². The molecule has 5 aromatic rings. The van der Waals surface area contributed by atoms with E-state index in [1.807, 2.05) is 54.6 Å². The number of hydrogen-bond donors (Lipinski definition) is 3. The summed E-state index contributed by atoms with van der Waals surface area (Å²) in [7, 11) is 0. The summed E-state index contributed by atoms with van der Waals surface area (Å²) < 4.78 is 82.0. The van der Waals surface area contributed by atoms with Crippen molar-refractivity contribution in [3.8, 4) is 11.1 Å². The molecule has 1 aliphatic rings. The Balaban J connectivity index is 1.22. The number of carbonyl (C=O) groups is 1. The number of halogens is 5. The van der Waals surface area contributed by atoms with Gasteiger partial charge >= 0.3 is 0 Å². The van der Waals surface area contributed by atoms with Gasteiger partial charge in [-0.3, -0.25) is 9.89 Å². The number of carbonyl (C=O) groups excluding carboxylic acids is 1. The Morgan fingerprint density at radius 1 is 0.857 bits per heavy atom. The zero-order valence-electron chi connectivity index (χ0n) is 25.8. The van der Waals surface area contributed by atoms with E-state index < -0.39 is 46.8 Å². The van der Waals surface area contributed by atoms with Crippen molar-refractivity contribution in [3.05, 3.63) is 136 Å². The average Bonchev–Trinajstić information content (AvgIpc) is 3.66. The van der Waals surface area contributed by atoms with E-state index in [0.717, 1.165) is 27.8 Å². The first-order valence-corrected chi connectivity index (χ1v) is 16.1. The highest BCUT2D eigenvalue weighted by Crippen LogP contribution is 2.43. The number of benzene rings is 4. The van der Waals surface area contributed by atoms with Crippen molar-refractivity contribution in [3.63, 3.8) is 0 Å². The van der Waals surface area contributed by atoms with Gasteiger partial charge in [0.15, 0.2) is 34.7 Å². The van der Waals surface area contributed by atoms with E-state index in [9.17, 15) is 31.9 Å². The molecule has 0 bridgehead atoms. The van der Waals surface area contributed by atoms with Gasteiger partial charge in [-0.05, 0) is 39.9 Å². The Bertz CT molecular complexity index is 1920. The molecule has 2 heterocycles. The number of rotatable bonds is 10. The maximum Gasteiger partial charge on any atom is 0.257 e. The number of hydrogen-bond acceptors (Lipinski definition) is 7. The zero-order chi connectivity index (χ0) is 34.7. The monoisotopic (exact) mass is 696 g/mol. The van der Waals surface area contributed by atoms with Crippen molar-refractivity contribution in [1.29, 1.82) is 0 Å². The third-order valence-corrected chi connectivity index (χ3v) is 9.18. The molecule has 4 atom stereocenters. The van der Waals surface area contributed by atoms with Gasteiger partial charge in [0.1, 0.15) is 11.9 Å². The van der Waals surface area contributed by atoms with Crippen LogP contribution in [-0.2, 0) is 22.6 Å². The van der Waals surface area contributed by atoms with Crippen LogP contribution >= 0.6 is 11.8 Å². The van der Waals surface area contributed by atoms with Gasteiger partial charge in [-0.15, -0.1) is 0 Å². The lowest BCUT2D eigenvalue weighted by Gasteiger charge is -2.41. The van der Waals surface area contributed by atoms with Gasteiger partial charge in [0.05, 0.1) is 18.8 Å². The van der Waals surface area contributed by atoms with Crippen molar-refractivity contribution >= 4 is 17.7 Å². The van der Waals surface area contributed by atoms with E-state index in [1.165, 1.54) is 18.1 Å². The summed E-state index contributed by atoms with van der Waals surface area (Å²) in [5.41, 5.74) is 2.91. The minimum Gasteiger partial charge on any atom is -0.392 e. The second-order valence-corrected chi connectivity index (χ2v) is 12.4. The standard InChI is InChI=1S/C35H29F5N4O4S/c1-18-25(16-49-35-42-17-43-44-35)47-34(48-32(18)21-10-8-19(15-45)9-11-21)24-7-3-6-23(13-24)22-5-2-4-20(12-22)14-41-33(46)26-27(36)29(38)31(40)30(39)28(26)37/h2-13,17-18,25,32,34,45H,14-16H2,1H3,(H,41,46)(H,42,43,44)/t18-,25+,32+,34+/m1/s1. The molecule has 14 heteroatoms. The first-order valence-electron chi connectivity index (χ1n) is 15.1. The van der Waals surface area contributed by atoms with Crippen LogP contribution in [0, 0.1) is 35.0 Å².